The number of ether oxygens (including phenoxy) is 1. The van der Waals surface area contributed by atoms with E-state index in [-0.39, 0.29) is 57.1 Å². The zero-order valence-electron chi connectivity index (χ0n) is 22.5. The van der Waals surface area contributed by atoms with Crippen molar-refractivity contribution in [1.82, 2.24) is 0 Å². The van der Waals surface area contributed by atoms with Crippen molar-refractivity contribution >= 4 is 11.6 Å². The molecule has 0 spiro atoms. The van der Waals surface area contributed by atoms with Crippen molar-refractivity contribution in [2.75, 3.05) is 7.11 Å². The van der Waals surface area contributed by atoms with Gasteiger partial charge in [-0.1, -0.05) is 66.2 Å². The van der Waals surface area contributed by atoms with Gasteiger partial charge >= 0.3 is 0 Å². The van der Waals surface area contributed by atoms with Crippen molar-refractivity contribution in [1.29, 1.82) is 0 Å². The van der Waals surface area contributed by atoms with Crippen LogP contribution in [0.5, 0.6) is 0 Å². The first kappa shape index (κ1) is 24.4. The Balaban J connectivity index is 1.71. The average Bonchev–Trinajstić information content (AvgIpc) is 2.73. The molecule has 188 valence electrons. The molecule has 0 radical (unpaired) electrons. The van der Waals surface area contributed by atoms with E-state index >= 15 is 0 Å². The van der Waals surface area contributed by atoms with Crippen molar-refractivity contribution in [3.05, 3.63) is 23.8 Å². The van der Waals surface area contributed by atoms with Crippen LogP contribution in [0.25, 0.3) is 0 Å². The van der Waals surface area contributed by atoms with Crippen molar-refractivity contribution in [2.45, 2.75) is 98.7 Å². The topological polar surface area (TPSA) is 63.6 Å². The molecule has 8 atom stereocenters. The predicted molar refractivity (Wildman–Crippen MR) is 133 cm³/mol. The molecule has 0 saturated heterocycles. The van der Waals surface area contributed by atoms with Crippen LogP contribution in [0.4, 0.5) is 0 Å². The molecular weight excluding hydrogens is 424 g/mol. The molecule has 0 amide bonds. The van der Waals surface area contributed by atoms with Crippen LogP contribution in [-0.4, -0.2) is 35.5 Å². The van der Waals surface area contributed by atoms with Gasteiger partial charge in [-0.2, -0.15) is 0 Å². The lowest BCUT2D eigenvalue weighted by atomic mass is 9.34. The Morgan fingerprint density at radius 3 is 2.32 bits per heavy atom. The number of ketones is 2. The maximum absolute atomic E-state index is 13.7. The summed E-state index contributed by atoms with van der Waals surface area (Å²) in [5.74, 6) is 0.482. The van der Waals surface area contributed by atoms with E-state index < -0.39 is 11.0 Å². The molecule has 5 rings (SSSR count). The summed E-state index contributed by atoms with van der Waals surface area (Å²) in [5, 5.41) is 11.7. The molecular formula is C30H44O4. The SMILES string of the molecule is CO[C@@H]1C=C2[C@@H]3CC(C)(C)CC[C@]3(O)C(=O)C[C@@]2(C)[C@]2(C)CC[C@H]3C(C)(C)C(=O)C=C[C@]3(C)[C@@H]12. The Labute approximate surface area is 205 Å². The van der Waals surface area contributed by atoms with E-state index in [0.29, 0.717) is 12.8 Å². The molecule has 3 fully saturated rings. The molecule has 4 heteroatoms. The van der Waals surface area contributed by atoms with Crippen molar-refractivity contribution in [3.8, 4) is 0 Å². The van der Waals surface area contributed by atoms with Gasteiger partial charge in [-0.25, -0.2) is 0 Å². The van der Waals surface area contributed by atoms with Crippen molar-refractivity contribution < 1.29 is 19.4 Å². The number of fused-ring (bicyclic) bond motifs is 7. The molecule has 0 aliphatic heterocycles. The second-order valence-electron chi connectivity index (χ2n) is 14.4. The lowest BCUT2D eigenvalue weighted by Gasteiger charge is -2.70. The molecule has 34 heavy (non-hydrogen) atoms. The van der Waals surface area contributed by atoms with Gasteiger partial charge in [0.1, 0.15) is 5.60 Å². The Bertz CT molecular complexity index is 1000. The van der Waals surface area contributed by atoms with Crippen LogP contribution in [0.1, 0.15) is 87.0 Å². The maximum atomic E-state index is 13.7. The van der Waals surface area contributed by atoms with Gasteiger partial charge in [0.15, 0.2) is 11.6 Å². The molecule has 0 aromatic rings. The third-order valence-corrected chi connectivity index (χ3v) is 11.9. The molecule has 3 saturated carbocycles. The fourth-order valence-electron chi connectivity index (χ4n) is 9.65. The number of carbonyl (C=O) groups excluding carboxylic acids is 2. The molecule has 0 bridgehead atoms. The van der Waals surface area contributed by atoms with Gasteiger partial charge in [-0.3, -0.25) is 9.59 Å². The molecule has 5 aliphatic carbocycles. The van der Waals surface area contributed by atoms with Crippen molar-refractivity contribution in [3.63, 3.8) is 0 Å². The lowest BCUT2D eigenvalue weighted by Crippen LogP contribution is -2.69. The van der Waals surface area contributed by atoms with E-state index in [0.717, 1.165) is 25.7 Å². The van der Waals surface area contributed by atoms with Crippen molar-refractivity contribution in [2.24, 2.45) is 44.8 Å². The average molecular weight is 469 g/mol. The Morgan fingerprint density at radius 2 is 1.68 bits per heavy atom. The first-order valence-electron chi connectivity index (χ1n) is 13.3. The van der Waals surface area contributed by atoms with Gasteiger partial charge in [0.05, 0.1) is 6.10 Å². The summed E-state index contributed by atoms with van der Waals surface area (Å²) < 4.78 is 6.26. The molecule has 5 aliphatic rings. The molecule has 0 heterocycles. The number of hydrogen-bond donors (Lipinski definition) is 1. The van der Waals surface area contributed by atoms with Gasteiger partial charge in [-0.15, -0.1) is 0 Å². The summed E-state index contributed by atoms with van der Waals surface area (Å²) in [4.78, 5) is 26.6. The summed E-state index contributed by atoms with van der Waals surface area (Å²) in [7, 11) is 1.80. The second kappa shape index (κ2) is 6.94. The van der Waals surface area contributed by atoms with Gasteiger partial charge in [-0.05, 0) is 60.3 Å². The summed E-state index contributed by atoms with van der Waals surface area (Å²) in [6, 6.07) is 0. The third kappa shape index (κ3) is 2.79. The predicted octanol–water partition coefficient (Wildman–Crippen LogP) is 5.68. The Hall–Kier alpha value is -1.26. The minimum absolute atomic E-state index is 0.0328. The lowest BCUT2D eigenvalue weighted by molar-refractivity contribution is -0.196. The molecule has 0 aromatic heterocycles. The van der Waals surface area contributed by atoms with Gasteiger partial charge in [0.2, 0.25) is 0 Å². The summed E-state index contributed by atoms with van der Waals surface area (Å²) in [6.07, 6.45) is 10.7. The number of Topliss-reactive ketones (excluding diaryl/α,β-unsaturated/α-hetero) is 1. The fourth-order valence-corrected chi connectivity index (χ4v) is 9.65. The van der Waals surface area contributed by atoms with E-state index in [1.54, 1.807) is 7.11 Å². The molecule has 1 N–H and O–H groups in total. The zero-order chi connectivity index (χ0) is 25.1. The number of allylic oxidation sites excluding steroid dienone is 2. The van der Waals surface area contributed by atoms with E-state index in [2.05, 4.69) is 60.6 Å². The van der Waals surface area contributed by atoms with Crippen LogP contribution < -0.4 is 0 Å². The quantitative estimate of drug-likeness (QED) is 0.503. The maximum Gasteiger partial charge on any atom is 0.165 e. The van der Waals surface area contributed by atoms with Crippen LogP contribution in [0.3, 0.4) is 0 Å². The highest BCUT2D eigenvalue weighted by atomic mass is 16.5. The van der Waals surface area contributed by atoms with E-state index in [9.17, 15) is 14.7 Å². The minimum Gasteiger partial charge on any atom is -0.381 e. The monoisotopic (exact) mass is 468 g/mol. The van der Waals surface area contributed by atoms with E-state index in [4.69, 9.17) is 4.74 Å². The Morgan fingerprint density at radius 1 is 1.00 bits per heavy atom. The third-order valence-electron chi connectivity index (χ3n) is 11.9. The largest absolute Gasteiger partial charge is 0.381 e. The normalized spacial score (nSPS) is 51.0. The first-order chi connectivity index (χ1) is 15.6. The summed E-state index contributed by atoms with van der Waals surface area (Å²) >= 11 is 0. The van der Waals surface area contributed by atoms with Crippen LogP contribution in [-0.2, 0) is 14.3 Å². The smallest absolute Gasteiger partial charge is 0.165 e. The second-order valence-corrected chi connectivity index (χ2v) is 14.4. The number of aliphatic hydroxyl groups is 1. The molecule has 4 nitrogen and oxygen atoms in total. The van der Waals surface area contributed by atoms with Crippen LogP contribution in [0, 0.1) is 44.8 Å². The van der Waals surface area contributed by atoms with Crippen LogP contribution in [0.2, 0.25) is 0 Å². The highest BCUT2D eigenvalue weighted by molar-refractivity contribution is 5.96. The van der Waals surface area contributed by atoms with Crippen LogP contribution in [0.15, 0.2) is 23.8 Å². The Kier molecular flexibility index (Phi) is 4.99. The summed E-state index contributed by atoms with van der Waals surface area (Å²) in [6.45, 7) is 15.7. The number of hydrogen-bond acceptors (Lipinski definition) is 4. The van der Waals surface area contributed by atoms with Gasteiger partial charge in [0.25, 0.3) is 0 Å². The van der Waals surface area contributed by atoms with Gasteiger partial charge in [0, 0.05) is 36.2 Å². The molecule has 0 aromatic carbocycles. The van der Waals surface area contributed by atoms with Gasteiger partial charge < -0.3 is 9.84 Å². The standard InChI is InChI=1S/C30H44O4/c1-25(2)13-14-30(33)19(16-25)18-15-20(34-8)24-27(5)11-10-22(31)26(3,4)21(27)9-12-28(24,6)29(18,7)17-23(30)32/h10-11,15,19-21,24,33H,9,12-14,16-17H2,1-8H3/t19-,20+,21-,24+,27-,28+,29+,30+/m0/s1. The van der Waals surface area contributed by atoms with E-state index in [1.165, 1.54) is 5.57 Å². The number of methoxy groups -OCH3 is 1. The van der Waals surface area contributed by atoms with Crippen LogP contribution >= 0.6 is 0 Å². The highest BCUT2D eigenvalue weighted by Gasteiger charge is 2.71. The minimum atomic E-state index is -1.25. The number of rotatable bonds is 1. The van der Waals surface area contributed by atoms with E-state index in [1.807, 2.05) is 6.08 Å². The molecule has 0 unspecified atom stereocenters. The zero-order valence-corrected chi connectivity index (χ0v) is 22.5. The first-order valence-corrected chi connectivity index (χ1v) is 13.3. The fraction of sp³-hybridized carbons (Fsp3) is 0.800. The highest BCUT2D eigenvalue weighted by Crippen LogP contribution is 2.73. The number of carbonyl (C=O) groups is 2. The summed E-state index contributed by atoms with van der Waals surface area (Å²) in [5.41, 5.74) is -1.03.